The number of aromatic nitrogens is 3. The van der Waals surface area contributed by atoms with Gasteiger partial charge >= 0.3 is 0 Å². The van der Waals surface area contributed by atoms with Gasteiger partial charge in [0.05, 0.1) is 4.88 Å². The third-order valence-electron chi connectivity index (χ3n) is 3.41. The number of nitrogens with zero attached hydrogens (tertiary/aromatic N) is 3. The first-order chi connectivity index (χ1) is 12.7. The van der Waals surface area contributed by atoms with Gasteiger partial charge in [0.1, 0.15) is 5.82 Å². The summed E-state index contributed by atoms with van der Waals surface area (Å²) in [6, 6.07) is 7.34. The van der Waals surface area contributed by atoms with Crippen molar-refractivity contribution in [3.8, 4) is 10.6 Å². The lowest BCUT2D eigenvalue weighted by Gasteiger charge is -2.09. The molecule has 3 aromatic heterocycles. The molecule has 26 heavy (non-hydrogen) atoms. The first kappa shape index (κ1) is 17.9. The maximum Gasteiger partial charge on any atom is 0.273 e. The van der Waals surface area contributed by atoms with Gasteiger partial charge in [-0.25, -0.2) is 4.98 Å². The zero-order chi connectivity index (χ0) is 18.4. The number of thiophene rings is 1. The molecule has 0 bridgehead atoms. The van der Waals surface area contributed by atoms with Gasteiger partial charge in [0.25, 0.3) is 5.91 Å². The summed E-state index contributed by atoms with van der Waals surface area (Å²) < 4.78 is 5.22. The Morgan fingerprint density at radius 3 is 2.88 bits per heavy atom. The molecule has 0 aliphatic rings. The van der Waals surface area contributed by atoms with Crippen LogP contribution in [0.3, 0.4) is 0 Å². The van der Waals surface area contributed by atoms with E-state index >= 15 is 0 Å². The Kier molecular flexibility index (Phi) is 5.80. The van der Waals surface area contributed by atoms with Crippen LogP contribution < -0.4 is 16.0 Å². The van der Waals surface area contributed by atoms with Crippen molar-refractivity contribution in [2.24, 2.45) is 0 Å². The number of carbonyl (C=O) groups is 1. The highest BCUT2D eigenvalue weighted by Gasteiger charge is 2.13. The van der Waals surface area contributed by atoms with Gasteiger partial charge in [-0.1, -0.05) is 11.2 Å². The molecular weight excluding hydrogens is 352 g/mol. The highest BCUT2D eigenvalue weighted by Crippen LogP contribution is 2.24. The first-order valence-corrected chi connectivity index (χ1v) is 9.16. The summed E-state index contributed by atoms with van der Waals surface area (Å²) >= 11 is 1.53. The summed E-state index contributed by atoms with van der Waals surface area (Å²) in [5.41, 5.74) is 1.13. The minimum absolute atomic E-state index is 0.265. The van der Waals surface area contributed by atoms with E-state index < -0.39 is 0 Å². The normalized spacial score (nSPS) is 10.5. The van der Waals surface area contributed by atoms with Gasteiger partial charge in [0.15, 0.2) is 11.5 Å². The van der Waals surface area contributed by atoms with Crippen LogP contribution in [-0.4, -0.2) is 40.7 Å². The van der Waals surface area contributed by atoms with Crippen LogP contribution in [0.1, 0.15) is 23.1 Å². The van der Waals surface area contributed by atoms with Crippen LogP contribution in [0.15, 0.2) is 34.2 Å². The fraction of sp³-hybridized carbons (Fsp3) is 0.294. The van der Waals surface area contributed by atoms with E-state index in [0.717, 1.165) is 17.1 Å². The van der Waals surface area contributed by atoms with E-state index in [2.05, 4.69) is 31.1 Å². The van der Waals surface area contributed by atoms with Crippen LogP contribution in [0.5, 0.6) is 0 Å². The molecule has 0 atom stereocenters. The largest absolute Gasteiger partial charge is 0.368 e. The first-order valence-electron chi connectivity index (χ1n) is 8.28. The van der Waals surface area contributed by atoms with Crippen molar-refractivity contribution >= 4 is 29.0 Å². The van der Waals surface area contributed by atoms with Crippen molar-refractivity contribution in [3.63, 3.8) is 0 Å². The standard InChI is InChI=1S/C17H20N6O2S/c1-3-18-17-21-11(2)9-15(22-17)19-6-7-20-16(24)12-10-13(25-23-12)14-5-4-8-26-14/h4-5,8-10H,3,6-7H2,1-2H3,(H,20,24)(H2,18,19,21,22). The van der Waals surface area contributed by atoms with Crippen molar-refractivity contribution in [2.75, 3.05) is 30.3 Å². The van der Waals surface area contributed by atoms with Crippen LogP contribution in [-0.2, 0) is 0 Å². The summed E-state index contributed by atoms with van der Waals surface area (Å²) in [5.74, 6) is 1.62. The van der Waals surface area contributed by atoms with Gasteiger partial charge in [0, 0.05) is 37.5 Å². The molecule has 3 aromatic rings. The van der Waals surface area contributed by atoms with Gasteiger partial charge in [-0.15, -0.1) is 11.3 Å². The molecule has 0 saturated carbocycles. The van der Waals surface area contributed by atoms with Crippen LogP contribution >= 0.6 is 11.3 Å². The lowest BCUT2D eigenvalue weighted by atomic mass is 10.3. The highest BCUT2D eigenvalue weighted by molar-refractivity contribution is 7.13. The minimum atomic E-state index is -0.273. The van der Waals surface area contributed by atoms with E-state index in [-0.39, 0.29) is 11.6 Å². The van der Waals surface area contributed by atoms with Crippen molar-refractivity contribution < 1.29 is 9.32 Å². The minimum Gasteiger partial charge on any atom is -0.368 e. The molecule has 0 radical (unpaired) electrons. The van der Waals surface area contributed by atoms with Crippen LogP contribution in [0.4, 0.5) is 11.8 Å². The van der Waals surface area contributed by atoms with E-state index in [4.69, 9.17) is 4.52 Å². The zero-order valence-corrected chi connectivity index (χ0v) is 15.4. The van der Waals surface area contributed by atoms with E-state index in [1.165, 1.54) is 11.3 Å². The molecule has 0 aliphatic carbocycles. The SMILES string of the molecule is CCNc1nc(C)cc(NCCNC(=O)c2cc(-c3cccs3)on2)n1. The zero-order valence-electron chi connectivity index (χ0n) is 14.6. The highest BCUT2D eigenvalue weighted by atomic mass is 32.1. The van der Waals surface area contributed by atoms with Crippen molar-refractivity contribution in [1.29, 1.82) is 0 Å². The van der Waals surface area contributed by atoms with Gasteiger partial charge in [-0.3, -0.25) is 4.79 Å². The average molecular weight is 372 g/mol. The lowest BCUT2D eigenvalue weighted by Crippen LogP contribution is -2.29. The molecule has 1 amide bonds. The second-order valence-electron chi connectivity index (χ2n) is 5.48. The molecule has 0 fully saturated rings. The second-order valence-corrected chi connectivity index (χ2v) is 6.43. The molecule has 136 valence electrons. The third-order valence-corrected chi connectivity index (χ3v) is 4.30. The Balaban J connectivity index is 1.48. The van der Waals surface area contributed by atoms with Crippen LogP contribution in [0.2, 0.25) is 0 Å². The Labute approximate surface area is 155 Å². The number of hydrogen-bond acceptors (Lipinski definition) is 8. The average Bonchev–Trinajstić information content (AvgIpc) is 3.29. The predicted octanol–water partition coefficient (Wildman–Crippen LogP) is 2.78. The molecule has 0 unspecified atom stereocenters. The number of nitrogens with one attached hydrogen (secondary N) is 3. The number of aryl methyl sites for hydroxylation is 1. The van der Waals surface area contributed by atoms with E-state index in [1.807, 2.05) is 37.4 Å². The summed E-state index contributed by atoms with van der Waals surface area (Å²) in [7, 11) is 0. The number of hydrogen-bond donors (Lipinski definition) is 3. The third kappa shape index (κ3) is 4.57. The number of carbonyl (C=O) groups excluding carboxylic acids is 1. The number of amides is 1. The molecule has 9 heteroatoms. The van der Waals surface area contributed by atoms with Crippen molar-refractivity contribution in [3.05, 3.63) is 41.0 Å². The Hall–Kier alpha value is -2.94. The van der Waals surface area contributed by atoms with Crippen LogP contribution in [0.25, 0.3) is 10.6 Å². The van der Waals surface area contributed by atoms with E-state index in [0.29, 0.717) is 30.6 Å². The van der Waals surface area contributed by atoms with Gasteiger partial charge in [0.2, 0.25) is 5.95 Å². The fourth-order valence-electron chi connectivity index (χ4n) is 2.27. The summed E-state index contributed by atoms with van der Waals surface area (Å²) in [5, 5.41) is 14.8. The summed E-state index contributed by atoms with van der Waals surface area (Å²) in [6.07, 6.45) is 0. The smallest absolute Gasteiger partial charge is 0.273 e. The molecule has 3 N–H and O–H groups in total. The topological polar surface area (TPSA) is 105 Å². The molecule has 3 heterocycles. The molecule has 0 aromatic carbocycles. The molecular formula is C17H20N6O2S. The Bertz CT molecular complexity index is 862. The van der Waals surface area contributed by atoms with Crippen LogP contribution in [0, 0.1) is 6.92 Å². The predicted molar refractivity (Wildman–Crippen MR) is 102 cm³/mol. The monoisotopic (exact) mass is 372 g/mol. The Morgan fingerprint density at radius 2 is 2.12 bits per heavy atom. The number of rotatable bonds is 8. The maximum absolute atomic E-state index is 12.1. The van der Waals surface area contributed by atoms with E-state index in [1.54, 1.807) is 6.07 Å². The second kappa shape index (κ2) is 8.43. The summed E-state index contributed by atoms with van der Waals surface area (Å²) in [4.78, 5) is 21.7. The van der Waals surface area contributed by atoms with Crippen molar-refractivity contribution in [1.82, 2.24) is 20.4 Å². The van der Waals surface area contributed by atoms with Gasteiger partial charge < -0.3 is 20.5 Å². The van der Waals surface area contributed by atoms with E-state index in [9.17, 15) is 4.79 Å². The van der Waals surface area contributed by atoms with Gasteiger partial charge in [-0.2, -0.15) is 4.98 Å². The van der Waals surface area contributed by atoms with Gasteiger partial charge in [-0.05, 0) is 25.3 Å². The molecule has 8 nitrogen and oxygen atoms in total. The molecule has 3 rings (SSSR count). The van der Waals surface area contributed by atoms with Crippen molar-refractivity contribution in [2.45, 2.75) is 13.8 Å². The fourth-order valence-corrected chi connectivity index (χ4v) is 2.94. The molecule has 0 spiro atoms. The summed E-state index contributed by atoms with van der Waals surface area (Å²) in [6.45, 7) is 5.61. The molecule has 0 aliphatic heterocycles. The number of anilines is 2. The maximum atomic E-state index is 12.1. The lowest BCUT2D eigenvalue weighted by molar-refractivity contribution is 0.0946. The molecule has 0 saturated heterocycles. The quantitative estimate of drug-likeness (QED) is 0.522. The Morgan fingerprint density at radius 1 is 1.23 bits per heavy atom.